The Morgan fingerprint density at radius 2 is 2.03 bits per heavy atom. The minimum Gasteiger partial charge on any atom is -0.497 e. The van der Waals surface area contributed by atoms with E-state index in [4.69, 9.17) is 9.84 Å². The molecule has 1 aliphatic heterocycles. The fourth-order valence-electron chi connectivity index (χ4n) is 4.63. The van der Waals surface area contributed by atoms with E-state index in [0.717, 1.165) is 42.8 Å². The Balaban J connectivity index is 1.45. The lowest BCUT2D eigenvalue weighted by Gasteiger charge is -2.31. The van der Waals surface area contributed by atoms with E-state index in [1.54, 1.807) is 11.8 Å². The lowest BCUT2D eigenvalue weighted by atomic mass is 9.83. The van der Waals surface area contributed by atoms with Crippen LogP contribution in [0, 0.1) is 5.92 Å². The summed E-state index contributed by atoms with van der Waals surface area (Å²) in [7, 11) is 1.64. The number of hydrazine groups is 1. The highest BCUT2D eigenvalue weighted by molar-refractivity contribution is 6.00. The predicted molar refractivity (Wildman–Crippen MR) is 119 cm³/mol. The van der Waals surface area contributed by atoms with Crippen LogP contribution in [-0.4, -0.2) is 41.4 Å². The van der Waals surface area contributed by atoms with Crippen molar-refractivity contribution < 1.29 is 9.53 Å². The molecule has 2 fully saturated rings. The highest BCUT2D eigenvalue weighted by Gasteiger charge is 2.34. The van der Waals surface area contributed by atoms with E-state index >= 15 is 0 Å². The van der Waals surface area contributed by atoms with E-state index in [9.17, 15) is 4.79 Å². The summed E-state index contributed by atoms with van der Waals surface area (Å²) in [6, 6.07) is 18.2. The first kappa shape index (κ1) is 19.8. The first-order valence-corrected chi connectivity index (χ1v) is 10.8. The number of amides is 1. The first-order chi connectivity index (χ1) is 15.2. The van der Waals surface area contributed by atoms with Gasteiger partial charge < -0.3 is 10.1 Å². The van der Waals surface area contributed by atoms with E-state index in [1.165, 1.54) is 0 Å². The molecule has 2 aromatic carbocycles. The van der Waals surface area contributed by atoms with E-state index in [0.29, 0.717) is 23.2 Å². The largest absolute Gasteiger partial charge is 0.497 e. The third kappa shape index (κ3) is 4.06. The fraction of sp³-hybridized carbons (Fsp3) is 0.333. The van der Waals surface area contributed by atoms with Gasteiger partial charge in [-0.2, -0.15) is 5.10 Å². The summed E-state index contributed by atoms with van der Waals surface area (Å²) < 4.78 is 7.15. The van der Waals surface area contributed by atoms with Crippen LogP contribution in [0.15, 0.2) is 60.8 Å². The number of hydrogen-bond donors (Lipinski definition) is 3. The normalized spacial score (nSPS) is 22.7. The molecular formula is C24H27N5O2. The summed E-state index contributed by atoms with van der Waals surface area (Å²) >= 11 is 0. The molecule has 1 saturated carbocycles. The fourth-order valence-corrected chi connectivity index (χ4v) is 4.63. The lowest BCUT2D eigenvalue weighted by Crippen LogP contribution is -2.44. The molecule has 1 aromatic heterocycles. The Kier molecular flexibility index (Phi) is 5.44. The number of carbonyl (C=O) groups excluding carboxylic acids is 1. The maximum atomic E-state index is 13.4. The van der Waals surface area contributed by atoms with Crippen molar-refractivity contribution >= 4 is 5.91 Å². The van der Waals surface area contributed by atoms with Gasteiger partial charge in [0.25, 0.3) is 5.91 Å². The quantitative estimate of drug-likeness (QED) is 0.595. The maximum absolute atomic E-state index is 13.4. The average Bonchev–Trinajstić information content (AvgIpc) is 3.47. The minimum absolute atomic E-state index is 0.0811. The van der Waals surface area contributed by atoms with Crippen molar-refractivity contribution in [3.63, 3.8) is 0 Å². The molecule has 3 atom stereocenters. The molecule has 7 nitrogen and oxygen atoms in total. The van der Waals surface area contributed by atoms with Crippen LogP contribution in [0.25, 0.3) is 16.9 Å². The molecule has 5 rings (SSSR count). The van der Waals surface area contributed by atoms with Crippen LogP contribution in [0.1, 0.15) is 29.6 Å². The van der Waals surface area contributed by atoms with Crippen molar-refractivity contribution in [2.45, 2.75) is 31.3 Å². The summed E-state index contributed by atoms with van der Waals surface area (Å²) in [4.78, 5) is 13.4. The smallest absolute Gasteiger partial charge is 0.255 e. The van der Waals surface area contributed by atoms with Gasteiger partial charge in [-0.15, -0.1) is 0 Å². The second kappa shape index (κ2) is 8.53. The Bertz CT molecular complexity index is 1060. The number of benzene rings is 2. The SMILES string of the molecule is COc1cccc(-c2nn(-c3ccccc3)cc2C(=O)NC2CCC3NNCC3C2)c1. The Morgan fingerprint density at radius 1 is 1.16 bits per heavy atom. The predicted octanol–water partition coefficient (Wildman–Crippen LogP) is 2.92. The van der Waals surface area contributed by atoms with Crippen LogP contribution in [0.5, 0.6) is 5.75 Å². The van der Waals surface area contributed by atoms with Gasteiger partial charge in [-0.05, 0) is 49.4 Å². The van der Waals surface area contributed by atoms with Crippen LogP contribution in [0.2, 0.25) is 0 Å². The molecule has 31 heavy (non-hydrogen) atoms. The number of carbonyl (C=O) groups is 1. The van der Waals surface area contributed by atoms with Crippen LogP contribution in [0.4, 0.5) is 0 Å². The molecule has 0 bridgehead atoms. The monoisotopic (exact) mass is 417 g/mol. The Labute approximate surface area is 181 Å². The molecule has 160 valence electrons. The zero-order valence-electron chi connectivity index (χ0n) is 17.5. The van der Waals surface area contributed by atoms with Gasteiger partial charge in [0.15, 0.2) is 0 Å². The van der Waals surface area contributed by atoms with Crippen LogP contribution < -0.4 is 20.9 Å². The molecule has 2 aliphatic rings. The summed E-state index contributed by atoms with van der Waals surface area (Å²) in [5.74, 6) is 1.21. The highest BCUT2D eigenvalue weighted by atomic mass is 16.5. The second-order valence-corrected chi connectivity index (χ2v) is 8.28. The second-order valence-electron chi connectivity index (χ2n) is 8.28. The van der Waals surface area contributed by atoms with Crippen LogP contribution in [0.3, 0.4) is 0 Å². The van der Waals surface area contributed by atoms with Crippen molar-refractivity contribution in [2.24, 2.45) is 5.92 Å². The zero-order chi connectivity index (χ0) is 21.2. The van der Waals surface area contributed by atoms with Gasteiger partial charge in [-0.1, -0.05) is 30.3 Å². The summed E-state index contributed by atoms with van der Waals surface area (Å²) in [6.45, 7) is 0.956. The molecule has 3 N–H and O–H groups in total. The molecule has 0 radical (unpaired) electrons. The molecule has 1 saturated heterocycles. The van der Waals surface area contributed by atoms with E-state index < -0.39 is 0 Å². The first-order valence-electron chi connectivity index (χ1n) is 10.8. The van der Waals surface area contributed by atoms with Crippen molar-refractivity contribution in [3.05, 3.63) is 66.4 Å². The molecule has 7 heteroatoms. The topological polar surface area (TPSA) is 80.2 Å². The third-order valence-corrected chi connectivity index (χ3v) is 6.29. The van der Waals surface area contributed by atoms with Gasteiger partial charge >= 0.3 is 0 Å². The maximum Gasteiger partial charge on any atom is 0.255 e. The van der Waals surface area contributed by atoms with Crippen LogP contribution in [-0.2, 0) is 0 Å². The van der Waals surface area contributed by atoms with Gasteiger partial charge in [0.2, 0.25) is 0 Å². The van der Waals surface area contributed by atoms with Gasteiger partial charge in [0.05, 0.1) is 18.4 Å². The lowest BCUT2D eigenvalue weighted by molar-refractivity contribution is 0.0919. The van der Waals surface area contributed by atoms with Crippen molar-refractivity contribution in [1.82, 2.24) is 25.9 Å². The molecular weight excluding hydrogens is 390 g/mol. The van der Waals surface area contributed by atoms with Crippen molar-refractivity contribution in [1.29, 1.82) is 0 Å². The minimum atomic E-state index is -0.0811. The number of para-hydroxylation sites is 1. The average molecular weight is 418 g/mol. The number of rotatable bonds is 5. The van der Waals surface area contributed by atoms with E-state index in [1.807, 2.05) is 60.8 Å². The molecule has 3 unspecified atom stereocenters. The number of nitrogens with one attached hydrogen (secondary N) is 3. The van der Waals surface area contributed by atoms with Gasteiger partial charge in [-0.25, -0.2) is 4.68 Å². The van der Waals surface area contributed by atoms with E-state index in [2.05, 4.69) is 16.2 Å². The van der Waals surface area contributed by atoms with Crippen molar-refractivity contribution in [2.75, 3.05) is 13.7 Å². The molecule has 2 heterocycles. The molecule has 0 spiro atoms. The number of ether oxygens (including phenoxy) is 1. The van der Waals surface area contributed by atoms with Crippen molar-refractivity contribution in [3.8, 4) is 22.7 Å². The summed E-state index contributed by atoms with van der Waals surface area (Å²) in [5, 5.41) is 8.05. The molecule has 1 amide bonds. The Morgan fingerprint density at radius 3 is 2.87 bits per heavy atom. The van der Waals surface area contributed by atoms with Crippen LogP contribution >= 0.6 is 0 Å². The van der Waals surface area contributed by atoms with Gasteiger partial charge in [0.1, 0.15) is 11.4 Å². The van der Waals surface area contributed by atoms with Gasteiger partial charge in [-0.3, -0.25) is 15.6 Å². The summed E-state index contributed by atoms with van der Waals surface area (Å²) in [5.41, 5.74) is 9.57. The Hall–Kier alpha value is -3.16. The number of hydrogen-bond acceptors (Lipinski definition) is 5. The summed E-state index contributed by atoms with van der Waals surface area (Å²) in [6.07, 6.45) is 4.85. The standard InChI is InChI=1S/C24H27N5O2/c1-31-20-9-5-6-16(13-20)23-21(15-29(28-23)19-7-3-2-4-8-19)24(30)26-18-10-11-22-17(12-18)14-25-27-22/h2-9,13,15,17-18,22,25,27H,10-12,14H2,1H3,(H,26,30). The van der Waals surface area contributed by atoms with E-state index in [-0.39, 0.29) is 11.9 Å². The molecule has 1 aliphatic carbocycles. The highest BCUT2D eigenvalue weighted by Crippen LogP contribution is 2.29. The third-order valence-electron chi connectivity index (χ3n) is 6.29. The zero-order valence-corrected chi connectivity index (χ0v) is 17.5. The number of nitrogens with zero attached hydrogens (tertiary/aromatic N) is 2. The number of methoxy groups -OCH3 is 1. The van der Waals surface area contributed by atoms with Gasteiger partial charge in [0, 0.05) is 30.4 Å². The number of fused-ring (bicyclic) bond motifs is 1. The number of aromatic nitrogens is 2. The molecule has 3 aromatic rings.